The summed E-state index contributed by atoms with van der Waals surface area (Å²) in [5, 5.41) is 10.1. The lowest BCUT2D eigenvalue weighted by Gasteiger charge is -2.43. The Morgan fingerprint density at radius 2 is 2.00 bits per heavy atom. The second-order valence-electron chi connectivity index (χ2n) is 7.88. The first-order valence-corrected chi connectivity index (χ1v) is 9.51. The number of hydrogen-bond acceptors (Lipinski definition) is 7. The first-order chi connectivity index (χ1) is 12.2. The lowest BCUT2D eigenvalue weighted by Crippen LogP contribution is -2.46. The van der Waals surface area contributed by atoms with Gasteiger partial charge in [0.1, 0.15) is 11.6 Å². The summed E-state index contributed by atoms with van der Waals surface area (Å²) < 4.78 is 5.42. The largest absolute Gasteiger partial charge is 0.396 e. The van der Waals surface area contributed by atoms with E-state index in [0.717, 1.165) is 57.2 Å². The highest BCUT2D eigenvalue weighted by molar-refractivity contribution is 5.53. The summed E-state index contributed by atoms with van der Waals surface area (Å²) in [6.07, 6.45) is 5.97. The molecule has 1 aromatic rings. The van der Waals surface area contributed by atoms with Gasteiger partial charge in [0.15, 0.2) is 0 Å². The van der Waals surface area contributed by atoms with Crippen molar-refractivity contribution in [2.75, 3.05) is 61.5 Å². The van der Waals surface area contributed by atoms with Gasteiger partial charge in [0.25, 0.3) is 0 Å². The van der Waals surface area contributed by atoms with Gasteiger partial charge in [0.2, 0.25) is 5.95 Å². The number of aliphatic hydroxyl groups is 1. The Labute approximate surface area is 149 Å². The van der Waals surface area contributed by atoms with E-state index in [1.54, 1.807) is 0 Å². The number of morpholine rings is 1. The summed E-state index contributed by atoms with van der Waals surface area (Å²) in [6.45, 7) is 5.08. The van der Waals surface area contributed by atoms with E-state index >= 15 is 0 Å². The van der Waals surface area contributed by atoms with Gasteiger partial charge in [-0.3, -0.25) is 0 Å². The summed E-state index contributed by atoms with van der Waals surface area (Å²) in [7, 11) is 0. The molecular weight excluding hydrogens is 318 g/mol. The molecule has 1 aromatic heterocycles. The highest BCUT2D eigenvalue weighted by Gasteiger charge is 2.40. The quantitative estimate of drug-likeness (QED) is 0.829. The van der Waals surface area contributed by atoms with Crippen LogP contribution in [0.3, 0.4) is 0 Å². The van der Waals surface area contributed by atoms with E-state index < -0.39 is 0 Å². The summed E-state index contributed by atoms with van der Waals surface area (Å²) in [5.41, 5.74) is 6.09. The standard InChI is InChI=1S/C18H29N5O2/c19-15-10-16(21-17(20-15)22-6-8-25-9-7-22)23-5-1-4-18(12-23,13-24)11-14-2-3-14/h10,14,24H,1-9,11-13H2,(H2,19,20,21). The number of anilines is 3. The number of nitrogen functional groups attached to an aromatic ring is 1. The van der Waals surface area contributed by atoms with Gasteiger partial charge < -0.3 is 25.4 Å². The van der Waals surface area contributed by atoms with Crippen LogP contribution in [0.15, 0.2) is 6.07 Å². The molecule has 0 spiro atoms. The van der Waals surface area contributed by atoms with Gasteiger partial charge in [-0.15, -0.1) is 0 Å². The highest BCUT2D eigenvalue weighted by Crippen LogP contribution is 2.45. The van der Waals surface area contributed by atoms with Gasteiger partial charge in [-0.25, -0.2) is 0 Å². The monoisotopic (exact) mass is 347 g/mol. The molecule has 3 heterocycles. The molecule has 2 aliphatic heterocycles. The summed E-state index contributed by atoms with van der Waals surface area (Å²) in [6, 6.07) is 1.87. The maximum absolute atomic E-state index is 10.1. The molecule has 138 valence electrons. The predicted octanol–water partition coefficient (Wildman–Crippen LogP) is 1.27. The van der Waals surface area contributed by atoms with Crippen molar-refractivity contribution in [3.63, 3.8) is 0 Å². The third-order valence-electron chi connectivity index (χ3n) is 5.75. The Morgan fingerprint density at radius 1 is 1.20 bits per heavy atom. The first kappa shape index (κ1) is 16.8. The second kappa shape index (κ2) is 6.96. The Bertz CT molecular complexity index is 603. The van der Waals surface area contributed by atoms with Crippen molar-refractivity contribution in [1.82, 2.24) is 9.97 Å². The van der Waals surface area contributed by atoms with Crippen molar-refractivity contribution in [3.05, 3.63) is 6.07 Å². The third kappa shape index (κ3) is 3.82. The number of piperidine rings is 1. The molecule has 2 saturated heterocycles. The molecule has 1 atom stereocenters. The number of aliphatic hydroxyl groups excluding tert-OH is 1. The van der Waals surface area contributed by atoms with Crippen LogP contribution < -0.4 is 15.5 Å². The van der Waals surface area contributed by atoms with E-state index in [2.05, 4.69) is 14.8 Å². The van der Waals surface area contributed by atoms with Crippen molar-refractivity contribution >= 4 is 17.6 Å². The van der Waals surface area contributed by atoms with Crippen LogP contribution >= 0.6 is 0 Å². The van der Waals surface area contributed by atoms with Gasteiger partial charge in [0, 0.05) is 37.7 Å². The fraction of sp³-hybridized carbons (Fsp3) is 0.778. The van der Waals surface area contributed by atoms with Crippen LogP contribution in [0.2, 0.25) is 0 Å². The molecule has 0 radical (unpaired) electrons. The van der Waals surface area contributed by atoms with Crippen LogP contribution in [0.1, 0.15) is 32.1 Å². The van der Waals surface area contributed by atoms with Gasteiger partial charge in [-0.2, -0.15) is 9.97 Å². The number of nitrogens with zero attached hydrogens (tertiary/aromatic N) is 4. The molecule has 4 rings (SSSR count). The fourth-order valence-corrected chi connectivity index (χ4v) is 4.20. The van der Waals surface area contributed by atoms with E-state index in [1.807, 2.05) is 6.07 Å². The summed E-state index contributed by atoms with van der Waals surface area (Å²) >= 11 is 0. The van der Waals surface area contributed by atoms with Crippen LogP contribution in [0.4, 0.5) is 17.6 Å². The summed E-state index contributed by atoms with van der Waals surface area (Å²) in [5.74, 6) is 2.91. The minimum Gasteiger partial charge on any atom is -0.396 e. The maximum Gasteiger partial charge on any atom is 0.229 e. The smallest absolute Gasteiger partial charge is 0.229 e. The van der Waals surface area contributed by atoms with Gasteiger partial charge in [-0.05, 0) is 25.2 Å². The molecule has 0 aromatic carbocycles. The second-order valence-corrected chi connectivity index (χ2v) is 7.88. The normalized spacial score (nSPS) is 27.6. The number of hydrogen-bond donors (Lipinski definition) is 2. The first-order valence-electron chi connectivity index (χ1n) is 9.51. The van der Waals surface area contributed by atoms with Crippen molar-refractivity contribution in [3.8, 4) is 0 Å². The number of aromatic nitrogens is 2. The minimum absolute atomic E-state index is 0.0122. The number of ether oxygens (including phenoxy) is 1. The fourth-order valence-electron chi connectivity index (χ4n) is 4.20. The van der Waals surface area contributed by atoms with Crippen molar-refractivity contribution in [2.45, 2.75) is 32.1 Å². The molecule has 0 amide bonds. The lowest BCUT2D eigenvalue weighted by atomic mass is 9.76. The van der Waals surface area contributed by atoms with E-state index in [9.17, 15) is 5.11 Å². The Hall–Kier alpha value is -1.60. The molecular formula is C18H29N5O2. The third-order valence-corrected chi connectivity index (χ3v) is 5.75. The zero-order chi connectivity index (χ0) is 17.3. The summed E-state index contributed by atoms with van der Waals surface area (Å²) in [4.78, 5) is 13.7. The average molecular weight is 347 g/mol. The van der Waals surface area contributed by atoms with Crippen LogP contribution in [0, 0.1) is 11.3 Å². The Balaban J connectivity index is 1.54. The van der Waals surface area contributed by atoms with Crippen molar-refractivity contribution < 1.29 is 9.84 Å². The van der Waals surface area contributed by atoms with Crippen LogP contribution in [-0.2, 0) is 4.74 Å². The van der Waals surface area contributed by atoms with Crippen molar-refractivity contribution in [2.24, 2.45) is 11.3 Å². The Kier molecular flexibility index (Phi) is 4.69. The molecule has 7 nitrogen and oxygen atoms in total. The lowest BCUT2D eigenvalue weighted by molar-refractivity contribution is 0.0901. The molecule has 7 heteroatoms. The molecule has 1 aliphatic carbocycles. The Morgan fingerprint density at radius 3 is 2.72 bits per heavy atom. The van der Waals surface area contributed by atoms with Crippen LogP contribution in [0.5, 0.6) is 0 Å². The molecule has 3 aliphatic rings. The average Bonchev–Trinajstić information content (AvgIpc) is 3.46. The maximum atomic E-state index is 10.1. The van der Waals surface area contributed by atoms with E-state index in [4.69, 9.17) is 15.5 Å². The van der Waals surface area contributed by atoms with Gasteiger partial charge >= 0.3 is 0 Å². The highest BCUT2D eigenvalue weighted by atomic mass is 16.5. The molecule has 1 saturated carbocycles. The topological polar surface area (TPSA) is 87.7 Å². The van der Waals surface area contributed by atoms with Gasteiger partial charge in [-0.1, -0.05) is 12.8 Å². The zero-order valence-electron chi connectivity index (χ0n) is 14.9. The molecule has 3 N–H and O–H groups in total. The zero-order valence-corrected chi connectivity index (χ0v) is 14.9. The minimum atomic E-state index is 0.0122. The number of nitrogens with two attached hydrogens (primary N) is 1. The van der Waals surface area contributed by atoms with Crippen LogP contribution in [0.25, 0.3) is 0 Å². The van der Waals surface area contributed by atoms with E-state index in [1.165, 1.54) is 12.8 Å². The van der Waals surface area contributed by atoms with E-state index in [0.29, 0.717) is 25.0 Å². The predicted molar refractivity (Wildman–Crippen MR) is 97.8 cm³/mol. The molecule has 1 unspecified atom stereocenters. The number of rotatable bonds is 5. The van der Waals surface area contributed by atoms with Crippen LogP contribution in [-0.4, -0.2) is 61.1 Å². The molecule has 0 bridgehead atoms. The molecule has 3 fully saturated rings. The van der Waals surface area contributed by atoms with E-state index in [-0.39, 0.29) is 12.0 Å². The van der Waals surface area contributed by atoms with Crippen molar-refractivity contribution in [1.29, 1.82) is 0 Å². The molecule has 25 heavy (non-hydrogen) atoms. The van der Waals surface area contributed by atoms with Gasteiger partial charge in [0.05, 0.1) is 19.8 Å². The SMILES string of the molecule is Nc1cc(N2CCCC(CO)(CC3CC3)C2)nc(N2CCOCC2)n1.